The molecule has 2 aliphatic rings. The van der Waals surface area contributed by atoms with Gasteiger partial charge in [0.1, 0.15) is 11.6 Å². The number of carbonyl (C=O) groups is 3. The molecule has 0 spiro atoms. The molecule has 0 bridgehead atoms. The molecule has 0 saturated carbocycles. The summed E-state index contributed by atoms with van der Waals surface area (Å²) in [6.45, 7) is 8.99. The first kappa shape index (κ1) is 27.2. The number of Topliss-reactive ketones (excluding diaryl/α,β-unsaturated/α-hetero) is 1. The maximum atomic E-state index is 13.4. The van der Waals surface area contributed by atoms with Crippen molar-refractivity contribution in [1.82, 2.24) is 10.2 Å². The molecular weight excluding hydrogens is 484 g/mol. The number of ketones is 1. The van der Waals surface area contributed by atoms with E-state index in [4.69, 9.17) is 14.9 Å². The normalized spacial score (nSPS) is 17.2. The number of rotatable bonds is 9. The number of fused-ring (bicyclic) bond motifs is 2. The van der Waals surface area contributed by atoms with Crippen LogP contribution < -0.4 is 15.0 Å². The van der Waals surface area contributed by atoms with Gasteiger partial charge in [0.25, 0.3) is 5.91 Å². The van der Waals surface area contributed by atoms with Crippen LogP contribution in [-0.4, -0.2) is 68.3 Å². The van der Waals surface area contributed by atoms with E-state index < -0.39 is 0 Å². The Morgan fingerprint density at radius 1 is 1.13 bits per heavy atom. The summed E-state index contributed by atoms with van der Waals surface area (Å²) in [4.78, 5) is 41.8. The molecule has 9 nitrogen and oxygen atoms in total. The van der Waals surface area contributed by atoms with Gasteiger partial charge in [-0.3, -0.25) is 19.8 Å². The molecule has 38 heavy (non-hydrogen) atoms. The van der Waals surface area contributed by atoms with Crippen LogP contribution in [0, 0.1) is 5.41 Å². The maximum Gasteiger partial charge on any atom is 0.307 e. The van der Waals surface area contributed by atoms with E-state index in [2.05, 4.69) is 24.1 Å². The largest absolute Gasteiger partial charge is 0.493 e. The lowest BCUT2D eigenvalue weighted by molar-refractivity contribution is -0.143. The molecule has 2 aromatic carbocycles. The van der Waals surface area contributed by atoms with Crippen LogP contribution in [0.1, 0.15) is 71.5 Å². The molecule has 9 heteroatoms. The predicted octanol–water partition coefficient (Wildman–Crippen LogP) is 3.52. The highest BCUT2D eigenvalue weighted by Gasteiger charge is 2.44. The zero-order valence-electron chi connectivity index (χ0n) is 22.9. The number of amides is 1. The summed E-state index contributed by atoms with van der Waals surface area (Å²) in [6, 6.07) is 9.04. The Hall–Kier alpha value is -3.88. The van der Waals surface area contributed by atoms with Gasteiger partial charge in [0.05, 0.1) is 31.7 Å². The van der Waals surface area contributed by atoms with Crippen LogP contribution in [0.25, 0.3) is 0 Å². The van der Waals surface area contributed by atoms with Crippen molar-refractivity contribution >= 4 is 29.2 Å². The Kier molecular flexibility index (Phi) is 7.49. The molecule has 0 radical (unpaired) electrons. The number of nitrogens with zero attached hydrogens (tertiary/aromatic N) is 2. The van der Waals surface area contributed by atoms with Crippen molar-refractivity contribution in [1.29, 1.82) is 5.41 Å². The molecule has 0 fully saturated rings. The zero-order valence-corrected chi connectivity index (χ0v) is 22.9. The zero-order chi connectivity index (χ0) is 27.8. The minimum atomic E-state index is -0.365. The number of likely N-dealkylation sites (N-methyl/N-ethyl adjacent to an activating group) is 1. The van der Waals surface area contributed by atoms with Crippen molar-refractivity contribution in [3.8, 4) is 5.75 Å². The van der Waals surface area contributed by atoms with Crippen LogP contribution in [0.15, 0.2) is 30.3 Å². The summed E-state index contributed by atoms with van der Waals surface area (Å²) in [5.41, 5.74) is 4.04. The summed E-state index contributed by atoms with van der Waals surface area (Å²) in [6.07, 6.45) is 0.264. The molecule has 0 aliphatic carbocycles. The summed E-state index contributed by atoms with van der Waals surface area (Å²) in [7, 11) is 3.52. The van der Waals surface area contributed by atoms with Crippen molar-refractivity contribution < 1.29 is 23.9 Å². The summed E-state index contributed by atoms with van der Waals surface area (Å²) < 4.78 is 10.9. The maximum absolute atomic E-state index is 13.4. The number of esters is 1. The van der Waals surface area contributed by atoms with E-state index in [-0.39, 0.29) is 47.9 Å². The average molecular weight is 521 g/mol. The molecule has 2 aromatic rings. The van der Waals surface area contributed by atoms with Crippen LogP contribution in [-0.2, 0) is 21.5 Å². The number of benzene rings is 2. The van der Waals surface area contributed by atoms with Crippen LogP contribution in [0.5, 0.6) is 5.75 Å². The van der Waals surface area contributed by atoms with Gasteiger partial charge in [0, 0.05) is 48.9 Å². The van der Waals surface area contributed by atoms with E-state index in [1.165, 1.54) is 0 Å². The highest BCUT2D eigenvalue weighted by molar-refractivity contribution is 6.07. The van der Waals surface area contributed by atoms with Crippen LogP contribution in [0.4, 0.5) is 5.69 Å². The number of nitrogens with one attached hydrogen (secondary N) is 2. The van der Waals surface area contributed by atoms with E-state index in [9.17, 15) is 14.4 Å². The third-order valence-corrected chi connectivity index (χ3v) is 7.60. The summed E-state index contributed by atoms with van der Waals surface area (Å²) in [5, 5.41) is 11.3. The van der Waals surface area contributed by atoms with Crippen LogP contribution in [0.3, 0.4) is 0 Å². The summed E-state index contributed by atoms with van der Waals surface area (Å²) in [5.74, 6) is 0.0479. The molecular formula is C29H36N4O5. The number of ether oxygens (including phenoxy) is 2. The fourth-order valence-electron chi connectivity index (χ4n) is 5.55. The highest BCUT2D eigenvalue weighted by atomic mass is 16.5. The Balaban J connectivity index is 1.55. The van der Waals surface area contributed by atoms with Crippen molar-refractivity contribution in [2.24, 2.45) is 0 Å². The second-order valence-corrected chi connectivity index (χ2v) is 10.2. The Bertz CT molecular complexity index is 1300. The molecule has 202 valence electrons. The Labute approximate surface area is 223 Å². The SMILES string of the molecule is CCOC(=O)CC1N(C)c2ccc(C(=O)CN3Cc4cc(OCC)c(C(=O)NC)cc4C3=N)cc2C1(C)C. The average Bonchev–Trinajstić information content (AvgIpc) is 3.28. The molecule has 0 saturated heterocycles. The lowest BCUT2D eigenvalue weighted by Gasteiger charge is -2.31. The quantitative estimate of drug-likeness (QED) is 0.384. The van der Waals surface area contributed by atoms with Crippen LogP contribution >= 0.6 is 0 Å². The van der Waals surface area contributed by atoms with Gasteiger partial charge in [0.15, 0.2) is 5.78 Å². The molecule has 2 N–H and O–H groups in total. The first-order valence-electron chi connectivity index (χ1n) is 12.9. The van der Waals surface area contributed by atoms with E-state index in [1.54, 1.807) is 31.0 Å². The highest BCUT2D eigenvalue weighted by Crippen LogP contribution is 2.46. The Morgan fingerprint density at radius 3 is 2.53 bits per heavy atom. The van der Waals surface area contributed by atoms with Crippen molar-refractivity contribution in [2.45, 2.75) is 52.1 Å². The second kappa shape index (κ2) is 10.5. The lowest BCUT2D eigenvalue weighted by Crippen LogP contribution is -2.41. The van der Waals surface area contributed by atoms with Crippen molar-refractivity contribution in [3.63, 3.8) is 0 Å². The molecule has 0 aromatic heterocycles. The van der Waals surface area contributed by atoms with Crippen molar-refractivity contribution in [2.75, 3.05) is 38.8 Å². The fourth-order valence-corrected chi connectivity index (χ4v) is 5.55. The summed E-state index contributed by atoms with van der Waals surface area (Å²) >= 11 is 0. The van der Waals surface area contributed by atoms with Gasteiger partial charge in [-0.25, -0.2) is 0 Å². The first-order chi connectivity index (χ1) is 18.0. The van der Waals surface area contributed by atoms with Gasteiger partial charge in [-0.15, -0.1) is 0 Å². The third-order valence-electron chi connectivity index (χ3n) is 7.60. The number of anilines is 1. The molecule has 2 aliphatic heterocycles. The first-order valence-corrected chi connectivity index (χ1v) is 12.9. The van der Waals surface area contributed by atoms with E-state index >= 15 is 0 Å². The van der Waals surface area contributed by atoms with Crippen molar-refractivity contribution in [3.05, 3.63) is 58.1 Å². The number of carbonyl (C=O) groups excluding carboxylic acids is 3. The predicted molar refractivity (Wildman–Crippen MR) is 145 cm³/mol. The molecule has 1 unspecified atom stereocenters. The third kappa shape index (κ3) is 4.73. The van der Waals surface area contributed by atoms with E-state index in [1.807, 2.05) is 32.2 Å². The smallest absolute Gasteiger partial charge is 0.307 e. The molecule has 1 atom stereocenters. The minimum absolute atomic E-state index is 0.0358. The number of hydrogen-bond acceptors (Lipinski definition) is 7. The monoisotopic (exact) mass is 520 g/mol. The topological polar surface area (TPSA) is 112 Å². The fraction of sp³-hybridized carbons (Fsp3) is 0.448. The Morgan fingerprint density at radius 2 is 1.87 bits per heavy atom. The minimum Gasteiger partial charge on any atom is -0.493 e. The second-order valence-electron chi connectivity index (χ2n) is 10.2. The molecule has 4 rings (SSSR count). The van der Waals surface area contributed by atoms with Gasteiger partial charge in [-0.1, -0.05) is 13.8 Å². The van der Waals surface area contributed by atoms with E-state index in [0.29, 0.717) is 42.2 Å². The molecule has 1 amide bonds. The van der Waals surface area contributed by atoms with Gasteiger partial charge in [0.2, 0.25) is 0 Å². The van der Waals surface area contributed by atoms with E-state index in [0.717, 1.165) is 16.8 Å². The van der Waals surface area contributed by atoms with Gasteiger partial charge in [-0.2, -0.15) is 0 Å². The van der Waals surface area contributed by atoms with Gasteiger partial charge >= 0.3 is 5.97 Å². The standard InChI is InChI=1S/C29H36N4O5/c1-7-37-24-12-18-15-33(27(30)19(18)13-20(24)28(36)31-5)16-23(34)17-9-10-22-21(11-17)29(3,4)25(32(22)6)14-26(35)38-8-2/h9-13,25,30H,7-8,14-16H2,1-6H3,(H,31,36). The van der Waals surface area contributed by atoms with Gasteiger partial charge in [-0.05, 0) is 55.3 Å². The lowest BCUT2D eigenvalue weighted by atomic mass is 9.78. The number of hydrogen-bond donors (Lipinski definition) is 2. The van der Waals surface area contributed by atoms with Crippen LogP contribution in [0.2, 0.25) is 0 Å². The molecule has 2 heterocycles. The van der Waals surface area contributed by atoms with Gasteiger partial charge < -0.3 is 24.6 Å². The number of amidine groups is 1.